The van der Waals surface area contributed by atoms with Crippen LogP contribution in [0.15, 0.2) is 45.2 Å². The van der Waals surface area contributed by atoms with E-state index in [1.807, 2.05) is 41.9 Å². The molecule has 0 spiro atoms. The minimum Gasteiger partial charge on any atom is -0.272 e. The van der Waals surface area contributed by atoms with Crippen LogP contribution in [0.3, 0.4) is 0 Å². The van der Waals surface area contributed by atoms with Gasteiger partial charge in [0, 0.05) is 9.75 Å². The van der Waals surface area contributed by atoms with Crippen LogP contribution in [0.1, 0.15) is 35.9 Å². The molecule has 0 aliphatic carbocycles. The first-order chi connectivity index (χ1) is 12.2. The SMILES string of the molecule is CCCCC(C(=O)N/N=C\c1cccs1)C(=O)N/N=C\c1cccs1. The molecule has 0 fully saturated rings. The van der Waals surface area contributed by atoms with Gasteiger partial charge in [0.25, 0.3) is 11.8 Å². The molecule has 0 saturated carbocycles. The van der Waals surface area contributed by atoms with Crippen LogP contribution in [0.25, 0.3) is 0 Å². The Morgan fingerprint density at radius 3 is 1.96 bits per heavy atom. The van der Waals surface area contributed by atoms with Crippen LogP contribution in [-0.2, 0) is 9.59 Å². The van der Waals surface area contributed by atoms with E-state index in [2.05, 4.69) is 21.1 Å². The molecule has 0 unspecified atom stereocenters. The van der Waals surface area contributed by atoms with Crippen LogP contribution in [0.4, 0.5) is 0 Å². The first kappa shape index (κ1) is 19.0. The second-order valence-corrected chi connectivity index (χ2v) is 7.15. The predicted molar refractivity (Wildman–Crippen MR) is 103 cm³/mol. The molecule has 0 aliphatic heterocycles. The molecule has 2 heterocycles. The van der Waals surface area contributed by atoms with E-state index in [4.69, 9.17) is 0 Å². The highest BCUT2D eigenvalue weighted by Gasteiger charge is 2.25. The zero-order valence-corrected chi connectivity index (χ0v) is 15.5. The normalized spacial score (nSPS) is 11.4. The number of carbonyl (C=O) groups excluding carboxylic acids is 2. The van der Waals surface area contributed by atoms with Gasteiger partial charge < -0.3 is 0 Å². The molecule has 0 atom stereocenters. The summed E-state index contributed by atoms with van der Waals surface area (Å²) < 4.78 is 0. The number of rotatable bonds is 9. The fraction of sp³-hybridized carbons (Fsp3) is 0.294. The number of amides is 2. The minimum atomic E-state index is -0.819. The highest BCUT2D eigenvalue weighted by Crippen LogP contribution is 2.10. The molecule has 6 nitrogen and oxygen atoms in total. The molecular formula is C17H20N4O2S2. The van der Waals surface area contributed by atoms with Gasteiger partial charge in [0.2, 0.25) is 0 Å². The summed E-state index contributed by atoms with van der Waals surface area (Å²) in [5.74, 6) is -1.67. The van der Waals surface area contributed by atoms with Gasteiger partial charge in [0.1, 0.15) is 5.92 Å². The average molecular weight is 377 g/mol. The number of thiophene rings is 2. The molecule has 2 amide bonds. The van der Waals surface area contributed by atoms with Gasteiger partial charge in [-0.15, -0.1) is 22.7 Å². The third kappa shape index (κ3) is 6.60. The molecule has 0 aromatic carbocycles. The number of unbranched alkanes of at least 4 members (excludes halogenated alkanes) is 1. The highest BCUT2D eigenvalue weighted by molar-refractivity contribution is 7.12. The first-order valence-electron chi connectivity index (χ1n) is 7.93. The van der Waals surface area contributed by atoms with Gasteiger partial charge in [-0.05, 0) is 29.3 Å². The summed E-state index contributed by atoms with van der Waals surface area (Å²) in [6.07, 6.45) is 5.25. The predicted octanol–water partition coefficient (Wildman–Crippen LogP) is 3.22. The monoisotopic (exact) mass is 376 g/mol. The molecule has 2 aromatic rings. The van der Waals surface area contributed by atoms with E-state index in [0.717, 1.165) is 22.6 Å². The topological polar surface area (TPSA) is 82.9 Å². The van der Waals surface area contributed by atoms with Gasteiger partial charge in [-0.25, -0.2) is 10.9 Å². The number of nitrogens with zero attached hydrogens (tertiary/aromatic N) is 2. The van der Waals surface area contributed by atoms with E-state index >= 15 is 0 Å². The standard InChI is InChI=1S/C17H20N4O2S2/c1-2-3-8-15(16(22)20-18-11-13-6-4-9-24-13)17(23)21-19-12-14-7-5-10-25-14/h4-7,9-12,15H,2-3,8H2,1H3,(H,20,22)(H,21,23)/b18-11-,19-12-. The van der Waals surface area contributed by atoms with Crippen LogP contribution < -0.4 is 10.9 Å². The van der Waals surface area contributed by atoms with E-state index in [1.54, 1.807) is 12.4 Å². The maximum absolute atomic E-state index is 12.3. The van der Waals surface area contributed by atoms with Crippen molar-refractivity contribution in [2.24, 2.45) is 16.1 Å². The summed E-state index contributed by atoms with van der Waals surface area (Å²) in [6.45, 7) is 2.01. The van der Waals surface area contributed by atoms with E-state index in [1.165, 1.54) is 22.7 Å². The zero-order chi connectivity index (χ0) is 17.9. The molecular weight excluding hydrogens is 356 g/mol. The summed E-state index contributed by atoms with van der Waals surface area (Å²) >= 11 is 3.03. The maximum atomic E-state index is 12.3. The second-order valence-electron chi connectivity index (χ2n) is 5.19. The molecule has 0 radical (unpaired) electrons. The van der Waals surface area contributed by atoms with Crippen LogP contribution in [0.2, 0.25) is 0 Å². The summed E-state index contributed by atoms with van der Waals surface area (Å²) in [5.41, 5.74) is 4.88. The number of nitrogens with one attached hydrogen (secondary N) is 2. The summed E-state index contributed by atoms with van der Waals surface area (Å²) in [6, 6.07) is 7.58. The Morgan fingerprint density at radius 2 is 1.56 bits per heavy atom. The van der Waals surface area contributed by atoms with Crippen molar-refractivity contribution >= 4 is 46.9 Å². The molecule has 132 valence electrons. The van der Waals surface area contributed by atoms with Crippen molar-refractivity contribution in [3.63, 3.8) is 0 Å². The Bertz CT molecular complexity index is 651. The highest BCUT2D eigenvalue weighted by atomic mass is 32.1. The lowest BCUT2D eigenvalue weighted by molar-refractivity contribution is -0.135. The smallest absolute Gasteiger partial charge is 0.252 e. The van der Waals surface area contributed by atoms with Crippen molar-refractivity contribution in [3.05, 3.63) is 44.8 Å². The molecule has 0 bridgehead atoms. The molecule has 2 rings (SSSR count). The van der Waals surface area contributed by atoms with Crippen LogP contribution in [0, 0.1) is 5.92 Å². The van der Waals surface area contributed by atoms with Crippen molar-refractivity contribution in [1.82, 2.24) is 10.9 Å². The van der Waals surface area contributed by atoms with Crippen molar-refractivity contribution in [2.45, 2.75) is 26.2 Å². The van der Waals surface area contributed by atoms with E-state index < -0.39 is 17.7 Å². The van der Waals surface area contributed by atoms with Gasteiger partial charge >= 0.3 is 0 Å². The van der Waals surface area contributed by atoms with Crippen molar-refractivity contribution in [3.8, 4) is 0 Å². The molecule has 0 saturated heterocycles. The average Bonchev–Trinajstić information content (AvgIpc) is 3.29. The van der Waals surface area contributed by atoms with Crippen molar-refractivity contribution < 1.29 is 9.59 Å². The number of hydrogen-bond acceptors (Lipinski definition) is 6. The van der Waals surface area contributed by atoms with E-state index in [-0.39, 0.29) is 0 Å². The lowest BCUT2D eigenvalue weighted by atomic mass is 10.0. The Kier molecular flexibility index (Phi) is 8.00. The van der Waals surface area contributed by atoms with Gasteiger partial charge in [-0.2, -0.15) is 10.2 Å². The number of carbonyl (C=O) groups is 2. The van der Waals surface area contributed by atoms with Crippen LogP contribution >= 0.6 is 22.7 Å². The third-order valence-electron chi connectivity index (χ3n) is 3.30. The summed E-state index contributed by atoms with van der Waals surface area (Å²) in [4.78, 5) is 26.4. The maximum Gasteiger partial charge on any atom is 0.252 e. The fourth-order valence-corrected chi connectivity index (χ4v) is 3.16. The molecule has 0 aliphatic rings. The molecule has 25 heavy (non-hydrogen) atoms. The number of hydrogen-bond donors (Lipinski definition) is 2. The van der Waals surface area contributed by atoms with Gasteiger partial charge in [-0.1, -0.05) is 31.9 Å². The molecule has 2 aromatic heterocycles. The van der Waals surface area contributed by atoms with Crippen molar-refractivity contribution in [1.29, 1.82) is 0 Å². The fourth-order valence-electron chi connectivity index (χ4n) is 1.99. The first-order valence-corrected chi connectivity index (χ1v) is 9.69. The lowest BCUT2D eigenvalue weighted by Crippen LogP contribution is -2.38. The van der Waals surface area contributed by atoms with E-state index in [9.17, 15) is 9.59 Å². The minimum absolute atomic E-state index is 0.426. The van der Waals surface area contributed by atoms with E-state index in [0.29, 0.717) is 6.42 Å². The summed E-state index contributed by atoms with van der Waals surface area (Å²) in [7, 11) is 0. The summed E-state index contributed by atoms with van der Waals surface area (Å²) in [5, 5.41) is 11.7. The van der Waals surface area contributed by atoms with Gasteiger partial charge in [-0.3, -0.25) is 9.59 Å². The van der Waals surface area contributed by atoms with Crippen molar-refractivity contribution in [2.75, 3.05) is 0 Å². The lowest BCUT2D eigenvalue weighted by Gasteiger charge is -2.12. The largest absolute Gasteiger partial charge is 0.272 e. The second kappa shape index (κ2) is 10.5. The quantitative estimate of drug-likeness (QED) is 0.400. The Hall–Kier alpha value is -2.32. The Balaban J connectivity index is 1.91. The van der Waals surface area contributed by atoms with Gasteiger partial charge in [0.15, 0.2) is 0 Å². The van der Waals surface area contributed by atoms with Gasteiger partial charge in [0.05, 0.1) is 12.4 Å². The molecule has 8 heteroatoms. The number of hydrazone groups is 2. The van der Waals surface area contributed by atoms with Crippen LogP contribution in [0.5, 0.6) is 0 Å². The van der Waals surface area contributed by atoms with Crippen LogP contribution in [-0.4, -0.2) is 24.2 Å². The molecule has 2 N–H and O–H groups in total. The Morgan fingerprint density at radius 1 is 1.04 bits per heavy atom. The zero-order valence-electron chi connectivity index (χ0n) is 13.8. The Labute approximate surface area is 154 Å². The third-order valence-corrected chi connectivity index (χ3v) is 4.91.